The van der Waals surface area contributed by atoms with Gasteiger partial charge in [-0.25, -0.2) is 0 Å². The van der Waals surface area contributed by atoms with Crippen molar-refractivity contribution in [2.24, 2.45) is 4.99 Å². The van der Waals surface area contributed by atoms with Crippen LogP contribution >= 0.6 is 24.0 Å². The Hall–Kier alpha value is -0.610. The van der Waals surface area contributed by atoms with E-state index in [2.05, 4.69) is 5.32 Å². The molecule has 1 amide bonds. The smallest absolute Gasteiger partial charge is 0.242 e. The van der Waals surface area contributed by atoms with Gasteiger partial charge in [-0.15, -0.1) is 24.0 Å². The molecule has 0 aromatic heterocycles. The molecule has 148 valence electrons. The molecular weight excluding hydrogens is 435 g/mol. The number of carbonyl (C=O) groups excluding carboxylic acids is 1. The highest BCUT2D eigenvalue weighted by atomic mass is 127. The van der Waals surface area contributed by atoms with Crippen LogP contribution in [-0.4, -0.2) is 87.4 Å². The molecular formula is C17H35IN4O3. The van der Waals surface area contributed by atoms with Crippen molar-refractivity contribution < 1.29 is 14.3 Å². The van der Waals surface area contributed by atoms with Crippen LogP contribution in [-0.2, 0) is 14.3 Å². The first-order valence-electron chi connectivity index (χ1n) is 8.92. The van der Waals surface area contributed by atoms with Crippen molar-refractivity contribution in [3.63, 3.8) is 0 Å². The third-order valence-corrected chi connectivity index (χ3v) is 4.54. The van der Waals surface area contributed by atoms with Gasteiger partial charge in [-0.2, -0.15) is 0 Å². The molecule has 1 aliphatic heterocycles. The quantitative estimate of drug-likeness (QED) is 0.332. The van der Waals surface area contributed by atoms with Crippen molar-refractivity contribution in [3.05, 3.63) is 0 Å². The number of likely N-dealkylation sites (N-methyl/N-ethyl adjacent to an activating group) is 2. The summed E-state index contributed by atoms with van der Waals surface area (Å²) >= 11 is 0. The zero-order chi connectivity index (χ0) is 18.0. The van der Waals surface area contributed by atoms with Gasteiger partial charge in [0.05, 0.1) is 18.7 Å². The van der Waals surface area contributed by atoms with E-state index in [0.717, 1.165) is 38.4 Å². The molecule has 0 bridgehead atoms. The lowest BCUT2D eigenvalue weighted by molar-refractivity contribution is -0.131. The van der Waals surface area contributed by atoms with Gasteiger partial charge in [0.2, 0.25) is 5.91 Å². The number of hydrogen-bond donors (Lipinski definition) is 1. The Labute approximate surface area is 169 Å². The highest BCUT2D eigenvalue weighted by Gasteiger charge is 2.32. The van der Waals surface area contributed by atoms with Crippen molar-refractivity contribution in [3.8, 4) is 0 Å². The van der Waals surface area contributed by atoms with Gasteiger partial charge in [0.1, 0.15) is 0 Å². The van der Waals surface area contributed by atoms with Crippen LogP contribution in [0.2, 0.25) is 0 Å². The van der Waals surface area contributed by atoms with Crippen molar-refractivity contribution in [2.75, 3.05) is 60.1 Å². The average molecular weight is 470 g/mol. The second-order valence-electron chi connectivity index (χ2n) is 6.09. The molecule has 0 aliphatic carbocycles. The number of methoxy groups -OCH3 is 1. The lowest BCUT2D eigenvalue weighted by Crippen LogP contribution is -2.47. The highest BCUT2D eigenvalue weighted by Crippen LogP contribution is 2.24. The van der Waals surface area contributed by atoms with Crippen LogP contribution < -0.4 is 5.32 Å². The van der Waals surface area contributed by atoms with E-state index in [-0.39, 0.29) is 35.5 Å². The predicted octanol–water partition coefficient (Wildman–Crippen LogP) is 1.57. The van der Waals surface area contributed by atoms with E-state index >= 15 is 0 Å². The van der Waals surface area contributed by atoms with E-state index in [0.29, 0.717) is 26.3 Å². The summed E-state index contributed by atoms with van der Waals surface area (Å²) in [6.45, 7) is 10.5. The summed E-state index contributed by atoms with van der Waals surface area (Å²) in [5.74, 6) is 0.849. The topological polar surface area (TPSA) is 66.4 Å². The summed E-state index contributed by atoms with van der Waals surface area (Å²) in [7, 11) is 3.63. The number of hydrogen-bond acceptors (Lipinski definition) is 4. The molecule has 25 heavy (non-hydrogen) atoms. The van der Waals surface area contributed by atoms with E-state index in [1.807, 2.05) is 37.6 Å². The molecule has 1 aliphatic rings. The first-order valence-corrected chi connectivity index (χ1v) is 8.92. The molecule has 0 atom stereocenters. The maximum absolute atomic E-state index is 12.3. The van der Waals surface area contributed by atoms with Crippen LogP contribution in [0.5, 0.6) is 0 Å². The van der Waals surface area contributed by atoms with Crippen molar-refractivity contribution in [1.82, 2.24) is 15.1 Å². The number of rotatable bonds is 8. The summed E-state index contributed by atoms with van der Waals surface area (Å²) in [5.41, 5.74) is -0.261. The largest absolute Gasteiger partial charge is 0.381 e. The number of aliphatic imine (C=N–C) groups is 1. The molecule has 1 fully saturated rings. The Morgan fingerprint density at radius 2 is 1.84 bits per heavy atom. The van der Waals surface area contributed by atoms with E-state index < -0.39 is 0 Å². The number of ether oxygens (including phenoxy) is 2. The minimum atomic E-state index is -0.261. The van der Waals surface area contributed by atoms with Gasteiger partial charge in [-0.05, 0) is 20.8 Å². The fourth-order valence-electron chi connectivity index (χ4n) is 2.81. The zero-order valence-corrected chi connectivity index (χ0v) is 18.7. The molecule has 0 saturated carbocycles. The van der Waals surface area contributed by atoms with Gasteiger partial charge in [-0.3, -0.25) is 9.79 Å². The zero-order valence-electron chi connectivity index (χ0n) is 16.3. The predicted molar refractivity (Wildman–Crippen MR) is 112 cm³/mol. The van der Waals surface area contributed by atoms with E-state index in [1.54, 1.807) is 7.11 Å². The van der Waals surface area contributed by atoms with Gasteiger partial charge in [-0.1, -0.05) is 0 Å². The van der Waals surface area contributed by atoms with Crippen LogP contribution in [0.15, 0.2) is 4.99 Å². The molecule has 0 unspecified atom stereocenters. The second-order valence-corrected chi connectivity index (χ2v) is 6.09. The maximum Gasteiger partial charge on any atom is 0.242 e. The van der Waals surface area contributed by atoms with Crippen molar-refractivity contribution in [1.29, 1.82) is 0 Å². The number of nitrogens with one attached hydrogen (secondary N) is 1. The van der Waals surface area contributed by atoms with Crippen LogP contribution in [0, 0.1) is 0 Å². The molecule has 0 aromatic carbocycles. The van der Waals surface area contributed by atoms with Gasteiger partial charge >= 0.3 is 0 Å². The first-order chi connectivity index (χ1) is 11.5. The first kappa shape index (κ1) is 24.4. The minimum absolute atomic E-state index is 0. The van der Waals surface area contributed by atoms with Crippen molar-refractivity contribution >= 4 is 35.8 Å². The van der Waals surface area contributed by atoms with Gasteiger partial charge in [0, 0.05) is 59.8 Å². The van der Waals surface area contributed by atoms with Crippen LogP contribution in [0.1, 0.15) is 33.6 Å². The van der Waals surface area contributed by atoms with Crippen LogP contribution in [0.3, 0.4) is 0 Å². The number of halogens is 1. The fourth-order valence-corrected chi connectivity index (χ4v) is 2.81. The lowest BCUT2D eigenvalue weighted by Gasteiger charge is -2.35. The van der Waals surface area contributed by atoms with Gasteiger partial charge in [0.15, 0.2) is 5.96 Å². The lowest BCUT2D eigenvalue weighted by atomic mass is 9.94. The molecule has 1 N–H and O–H groups in total. The molecule has 0 spiro atoms. The fraction of sp³-hybridized carbons (Fsp3) is 0.882. The minimum Gasteiger partial charge on any atom is -0.381 e. The molecule has 1 rings (SSSR count). The summed E-state index contributed by atoms with van der Waals surface area (Å²) < 4.78 is 11.2. The van der Waals surface area contributed by atoms with Crippen LogP contribution in [0.25, 0.3) is 0 Å². The summed E-state index contributed by atoms with van der Waals surface area (Å²) in [4.78, 5) is 20.7. The van der Waals surface area contributed by atoms with E-state index in [9.17, 15) is 4.79 Å². The number of carbonyl (C=O) groups is 1. The Morgan fingerprint density at radius 3 is 2.32 bits per heavy atom. The second kappa shape index (κ2) is 12.7. The Kier molecular flexibility index (Phi) is 12.4. The summed E-state index contributed by atoms with van der Waals surface area (Å²) in [6, 6.07) is 0. The van der Waals surface area contributed by atoms with Gasteiger partial charge in [0.25, 0.3) is 0 Å². The monoisotopic (exact) mass is 470 g/mol. The number of amides is 1. The van der Waals surface area contributed by atoms with E-state index in [1.165, 1.54) is 0 Å². The number of nitrogens with zero attached hydrogens (tertiary/aromatic N) is 3. The Morgan fingerprint density at radius 1 is 1.24 bits per heavy atom. The SMILES string of the molecule is CCNC(=NCC1(OC)CCOCC1)N(C)CC(=O)N(CC)CC.I. The molecule has 8 heteroatoms. The number of guanidine groups is 1. The molecule has 1 heterocycles. The average Bonchev–Trinajstić information content (AvgIpc) is 2.60. The van der Waals surface area contributed by atoms with E-state index in [4.69, 9.17) is 14.5 Å². The molecule has 1 saturated heterocycles. The van der Waals surface area contributed by atoms with Gasteiger partial charge < -0.3 is 24.6 Å². The standard InChI is InChI=1S/C17H34N4O3.HI/c1-6-18-16(20(4)13-15(22)21(7-2)8-3)19-14-17(23-5)9-11-24-12-10-17;/h6-14H2,1-5H3,(H,18,19);1H. The molecule has 7 nitrogen and oxygen atoms in total. The Bertz CT molecular complexity index is 411. The third kappa shape index (κ3) is 7.65. The third-order valence-electron chi connectivity index (χ3n) is 4.54. The summed E-state index contributed by atoms with van der Waals surface area (Å²) in [5, 5.41) is 3.26. The van der Waals surface area contributed by atoms with Crippen molar-refractivity contribution in [2.45, 2.75) is 39.2 Å². The molecule has 0 radical (unpaired) electrons. The highest BCUT2D eigenvalue weighted by molar-refractivity contribution is 14.0. The normalized spacial score (nSPS) is 16.8. The molecule has 0 aromatic rings. The maximum atomic E-state index is 12.3. The summed E-state index contributed by atoms with van der Waals surface area (Å²) in [6.07, 6.45) is 1.68. The van der Waals surface area contributed by atoms with Crippen LogP contribution in [0.4, 0.5) is 0 Å². The Balaban J connectivity index is 0.00000576.